The molecule has 0 aliphatic carbocycles. The molecular formula is C40H42N2O4. The van der Waals surface area contributed by atoms with Gasteiger partial charge in [0, 0.05) is 22.3 Å². The molecule has 0 unspecified atom stereocenters. The van der Waals surface area contributed by atoms with Crippen LogP contribution in [0.1, 0.15) is 72.1 Å². The third-order valence-corrected chi connectivity index (χ3v) is 7.06. The molecule has 6 heteroatoms. The number of allylic oxidation sites excluding steroid dienone is 2. The maximum atomic E-state index is 6.29. The van der Waals surface area contributed by atoms with E-state index in [0.29, 0.717) is 29.0 Å². The van der Waals surface area contributed by atoms with Crippen LogP contribution < -0.4 is 14.2 Å². The van der Waals surface area contributed by atoms with Gasteiger partial charge in [0.2, 0.25) is 11.8 Å². The van der Waals surface area contributed by atoms with Gasteiger partial charge in [-0.05, 0) is 118 Å². The quantitative estimate of drug-likeness (QED) is 0.165. The molecule has 0 aliphatic rings. The fourth-order valence-corrected chi connectivity index (χ4v) is 4.81. The van der Waals surface area contributed by atoms with Crippen molar-refractivity contribution in [2.24, 2.45) is 0 Å². The Hall–Kier alpha value is -5.10. The lowest BCUT2D eigenvalue weighted by molar-refractivity contribution is 0.130. The second-order valence-electron chi connectivity index (χ2n) is 13.1. The molecule has 46 heavy (non-hydrogen) atoms. The third-order valence-electron chi connectivity index (χ3n) is 7.06. The highest BCUT2D eigenvalue weighted by Crippen LogP contribution is 2.35. The van der Waals surface area contributed by atoms with Crippen molar-refractivity contribution in [3.8, 4) is 51.7 Å². The van der Waals surface area contributed by atoms with Crippen LogP contribution in [0.2, 0.25) is 0 Å². The average molecular weight is 615 g/mol. The lowest BCUT2D eigenvalue weighted by Gasteiger charge is -2.23. The van der Waals surface area contributed by atoms with Crippen LogP contribution in [0.4, 0.5) is 0 Å². The van der Waals surface area contributed by atoms with E-state index in [0.717, 1.165) is 33.8 Å². The van der Waals surface area contributed by atoms with Crippen LogP contribution in [-0.2, 0) is 5.41 Å². The second kappa shape index (κ2) is 13.5. The number of hydrogen-bond donors (Lipinski definition) is 0. The molecule has 0 aliphatic heterocycles. The Bertz CT molecular complexity index is 1830. The maximum Gasteiger partial charge on any atom is 0.248 e. The van der Waals surface area contributed by atoms with E-state index in [1.807, 2.05) is 132 Å². The Kier molecular flexibility index (Phi) is 9.47. The summed E-state index contributed by atoms with van der Waals surface area (Å²) in [5, 5.41) is 8.55. The summed E-state index contributed by atoms with van der Waals surface area (Å²) < 4.78 is 24.7. The van der Waals surface area contributed by atoms with Gasteiger partial charge in [-0.25, -0.2) is 0 Å². The SMILES string of the molecule is CC=Cc1cc(Oc2ccc(OC(C)(C)C)c(C=CC)c2)ccc1Oc1ccc(-c2nnc(-c3ccc(C(C)(C)C)cc3)o2)cc1. The molecule has 0 amide bonds. The van der Waals surface area contributed by atoms with Crippen molar-refractivity contribution in [3.63, 3.8) is 0 Å². The Morgan fingerprint density at radius 1 is 0.565 bits per heavy atom. The molecule has 0 atom stereocenters. The predicted octanol–water partition coefficient (Wildman–Crippen LogP) is 11.5. The van der Waals surface area contributed by atoms with Gasteiger partial charge in [0.15, 0.2) is 0 Å². The zero-order valence-corrected chi connectivity index (χ0v) is 27.9. The minimum absolute atomic E-state index is 0.0805. The van der Waals surface area contributed by atoms with E-state index >= 15 is 0 Å². The van der Waals surface area contributed by atoms with Crippen LogP contribution in [-0.4, -0.2) is 15.8 Å². The van der Waals surface area contributed by atoms with E-state index in [-0.39, 0.29) is 11.0 Å². The van der Waals surface area contributed by atoms with Crippen LogP contribution in [0.3, 0.4) is 0 Å². The Balaban J connectivity index is 1.30. The molecule has 1 aromatic heterocycles. The second-order valence-corrected chi connectivity index (χ2v) is 13.1. The van der Waals surface area contributed by atoms with Gasteiger partial charge >= 0.3 is 0 Å². The Morgan fingerprint density at radius 3 is 1.54 bits per heavy atom. The molecule has 0 fully saturated rings. The number of hydrogen-bond acceptors (Lipinski definition) is 6. The van der Waals surface area contributed by atoms with E-state index in [2.05, 4.69) is 43.1 Å². The summed E-state index contributed by atoms with van der Waals surface area (Å²) in [6.45, 7) is 16.6. The molecule has 4 aromatic carbocycles. The van der Waals surface area contributed by atoms with E-state index in [9.17, 15) is 0 Å². The summed E-state index contributed by atoms with van der Waals surface area (Å²) in [7, 11) is 0. The van der Waals surface area contributed by atoms with Crippen molar-refractivity contribution < 1.29 is 18.6 Å². The van der Waals surface area contributed by atoms with E-state index in [1.165, 1.54) is 5.56 Å². The van der Waals surface area contributed by atoms with Crippen molar-refractivity contribution in [1.29, 1.82) is 0 Å². The van der Waals surface area contributed by atoms with Crippen LogP contribution >= 0.6 is 0 Å². The molecule has 0 saturated heterocycles. The molecule has 0 N–H and O–H groups in total. The van der Waals surface area contributed by atoms with Crippen LogP contribution in [0, 0.1) is 0 Å². The van der Waals surface area contributed by atoms with Crippen LogP contribution in [0.15, 0.2) is 101 Å². The maximum absolute atomic E-state index is 6.29. The van der Waals surface area contributed by atoms with Crippen LogP contribution in [0.25, 0.3) is 35.1 Å². The predicted molar refractivity (Wildman–Crippen MR) is 187 cm³/mol. The molecular weight excluding hydrogens is 572 g/mol. The Morgan fingerprint density at radius 2 is 1.04 bits per heavy atom. The van der Waals surface area contributed by atoms with Crippen molar-refractivity contribution in [1.82, 2.24) is 10.2 Å². The highest BCUT2D eigenvalue weighted by atomic mass is 16.5. The van der Waals surface area contributed by atoms with Crippen molar-refractivity contribution in [2.45, 2.75) is 66.4 Å². The third kappa shape index (κ3) is 8.13. The molecule has 0 radical (unpaired) electrons. The van der Waals surface area contributed by atoms with Gasteiger partial charge in [-0.15, -0.1) is 10.2 Å². The lowest BCUT2D eigenvalue weighted by atomic mass is 9.87. The van der Waals surface area contributed by atoms with E-state index in [4.69, 9.17) is 18.6 Å². The number of ether oxygens (including phenoxy) is 3. The molecule has 236 valence electrons. The summed E-state index contributed by atoms with van der Waals surface area (Å²) in [4.78, 5) is 0. The highest BCUT2D eigenvalue weighted by Gasteiger charge is 2.17. The minimum atomic E-state index is -0.300. The van der Waals surface area contributed by atoms with Gasteiger partial charge in [0.05, 0.1) is 0 Å². The van der Waals surface area contributed by atoms with E-state index < -0.39 is 0 Å². The van der Waals surface area contributed by atoms with Crippen molar-refractivity contribution >= 4 is 12.2 Å². The van der Waals surface area contributed by atoms with Gasteiger partial charge in [0.25, 0.3) is 0 Å². The first-order valence-corrected chi connectivity index (χ1v) is 15.5. The highest BCUT2D eigenvalue weighted by molar-refractivity contribution is 5.63. The normalized spacial score (nSPS) is 12.2. The first-order valence-electron chi connectivity index (χ1n) is 15.5. The summed E-state index contributed by atoms with van der Waals surface area (Å²) in [6.07, 6.45) is 7.98. The zero-order chi connectivity index (χ0) is 32.9. The van der Waals surface area contributed by atoms with Crippen molar-refractivity contribution in [3.05, 3.63) is 114 Å². The largest absolute Gasteiger partial charge is 0.488 e. The lowest BCUT2D eigenvalue weighted by Crippen LogP contribution is -2.23. The molecule has 1 heterocycles. The average Bonchev–Trinajstić information content (AvgIpc) is 3.50. The summed E-state index contributed by atoms with van der Waals surface area (Å²) >= 11 is 0. The van der Waals surface area contributed by atoms with E-state index in [1.54, 1.807) is 0 Å². The molecule has 5 aromatic rings. The number of nitrogens with zero attached hydrogens (tertiary/aromatic N) is 2. The molecule has 6 nitrogen and oxygen atoms in total. The number of benzene rings is 4. The van der Waals surface area contributed by atoms with Gasteiger partial charge in [-0.3, -0.25) is 0 Å². The fraction of sp³-hybridized carbons (Fsp3) is 0.250. The monoisotopic (exact) mass is 614 g/mol. The summed E-state index contributed by atoms with van der Waals surface area (Å²) in [5.74, 6) is 4.57. The van der Waals surface area contributed by atoms with Gasteiger partial charge in [0.1, 0.15) is 34.3 Å². The van der Waals surface area contributed by atoms with Crippen LogP contribution in [0.5, 0.6) is 28.7 Å². The molecule has 0 saturated carbocycles. The Labute approximate surface area is 272 Å². The summed E-state index contributed by atoms with van der Waals surface area (Å²) in [6, 6.07) is 27.5. The molecule has 0 bridgehead atoms. The number of aromatic nitrogens is 2. The smallest absolute Gasteiger partial charge is 0.248 e. The fourth-order valence-electron chi connectivity index (χ4n) is 4.81. The number of rotatable bonds is 9. The van der Waals surface area contributed by atoms with Gasteiger partial charge < -0.3 is 18.6 Å². The first kappa shape index (κ1) is 32.3. The minimum Gasteiger partial charge on any atom is -0.488 e. The van der Waals surface area contributed by atoms with Gasteiger partial charge in [-0.1, -0.05) is 57.2 Å². The summed E-state index contributed by atoms with van der Waals surface area (Å²) in [5.41, 5.74) is 4.58. The van der Waals surface area contributed by atoms with Crippen molar-refractivity contribution in [2.75, 3.05) is 0 Å². The molecule has 0 spiro atoms. The standard InChI is InChI=1S/C40H42N2O4/c1-9-11-29-25-33(43-34-22-24-36(46-40(6,7)8)30(26-34)12-10-2)21-23-35(29)44-32-19-15-28(16-20-32)38-42-41-37(45-38)27-13-17-31(18-14-27)39(3,4)5/h9-26H,1-8H3. The molecule has 5 rings (SSSR count). The zero-order valence-electron chi connectivity index (χ0n) is 27.9. The van der Waals surface area contributed by atoms with Gasteiger partial charge in [-0.2, -0.15) is 0 Å². The first-order chi connectivity index (χ1) is 21.9. The topological polar surface area (TPSA) is 66.6 Å².